The number of rotatable bonds is 7. The lowest BCUT2D eigenvalue weighted by Crippen LogP contribution is -2.40. The minimum Gasteiger partial charge on any atom is -0.351 e. The van der Waals surface area contributed by atoms with Crippen molar-refractivity contribution in [3.8, 4) is 5.69 Å². The van der Waals surface area contributed by atoms with Crippen LogP contribution in [0.1, 0.15) is 28.6 Å². The van der Waals surface area contributed by atoms with Crippen molar-refractivity contribution in [2.45, 2.75) is 32.6 Å². The molecule has 8 heteroatoms. The highest BCUT2D eigenvalue weighted by Gasteiger charge is 2.40. The Hall–Kier alpha value is -3.13. The van der Waals surface area contributed by atoms with Gasteiger partial charge in [0.2, 0.25) is 5.91 Å². The van der Waals surface area contributed by atoms with Gasteiger partial charge in [-0.1, -0.05) is 48.5 Å². The molecule has 0 aliphatic rings. The quantitative estimate of drug-likeness (QED) is 0.612. The average Bonchev–Trinajstić information content (AvgIpc) is 3.00. The van der Waals surface area contributed by atoms with Crippen molar-refractivity contribution >= 4 is 5.91 Å². The molecule has 0 fully saturated rings. The number of hydrogen-bond acceptors (Lipinski definition) is 3. The summed E-state index contributed by atoms with van der Waals surface area (Å²) in [5, 5.41) is 9.50. The number of amides is 1. The van der Waals surface area contributed by atoms with Crippen LogP contribution < -0.4 is 10.6 Å². The lowest BCUT2D eigenvalue weighted by molar-refractivity contribution is -0.158. The first-order valence-corrected chi connectivity index (χ1v) is 9.49. The van der Waals surface area contributed by atoms with Gasteiger partial charge in [-0.05, 0) is 31.5 Å². The van der Waals surface area contributed by atoms with Gasteiger partial charge in [-0.2, -0.15) is 18.3 Å². The summed E-state index contributed by atoms with van der Waals surface area (Å²) < 4.78 is 41.9. The van der Waals surface area contributed by atoms with E-state index in [1.807, 2.05) is 44.2 Å². The number of aromatic nitrogens is 2. The molecule has 0 bridgehead atoms. The molecule has 0 saturated heterocycles. The summed E-state index contributed by atoms with van der Waals surface area (Å²) in [5.41, 5.74) is 3.41. The zero-order valence-electron chi connectivity index (χ0n) is 16.7. The summed E-state index contributed by atoms with van der Waals surface area (Å²) in [6.45, 7) is 3.46. The van der Waals surface area contributed by atoms with Crippen molar-refractivity contribution in [1.29, 1.82) is 0 Å². The van der Waals surface area contributed by atoms with Crippen LogP contribution in [-0.2, 0) is 11.3 Å². The van der Waals surface area contributed by atoms with Gasteiger partial charge in [-0.25, -0.2) is 4.68 Å². The fourth-order valence-corrected chi connectivity index (χ4v) is 3.26. The number of halogens is 3. The van der Waals surface area contributed by atoms with E-state index >= 15 is 0 Å². The number of alkyl halides is 3. The Morgan fingerprint density at radius 2 is 1.63 bits per heavy atom. The zero-order chi connectivity index (χ0) is 21.7. The first-order valence-electron chi connectivity index (χ1n) is 9.49. The molecule has 2 aromatic carbocycles. The van der Waals surface area contributed by atoms with Crippen molar-refractivity contribution in [2.24, 2.45) is 0 Å². The van der Waals surface area contributed by atoms with Crippen LogP contribution in [0.25, 0.3) is 5.69 Å². The van der Waals surface area contributed by atoms with Crippen LogP contribution in [0.2, 0.25) is 0 Å². The Balaban J connectivity index is 1.63. The van der Waals surface area contributed by atoms with Crippen molar-refractivity contribution in [1.82, 2.24) is 20.4 Å². The topological polar surface area (TPSA) is 59.0 Å². The first kappa shape index (κ1) is 21.6. The highest BCUT2D eigenvalue weighted by Crippen LogP contribution is 2.32. The van der Waals surface area contributed by atoms with E-state index in [-0.39, 0.29) is 12.1 Å². The highest BCUT2D eigenvalue weighted by molar-refractivity contribution is 5.78. The number of para-hydroxylation sites is 1. The standard InChI is InChI=1S/C22H23F3N4O/c1-15-19(16(2)29(28-15)18-11-7-4-8-12-18)13-26-20(30)14-27-21(22(23,24)25)17-9-5-3-6-10-17/h3-12,21,27H,13-14H2,1-2H3,(H,26,30). The molecule has 0 radical (unpaired) electrons. The van der Waals surface area contributed by atoms with E-state index in [9.17, 15) is 18.0 Å². The number of nitrogens with zero attached hydrogens (tertiary/aromatic N) is 2. The van der Waals surface area contributed by atoms with E-state index in [2.05, 4.69) is 15.7 Å². The smallest absolute Gasteiger partial charge is 0.351 e. The zero-order valence-corrected chi connectivity index (χ0v) is 16.7. The maximum absolute atomic E-state index is 13.4. The fourth-order valence-electron chi connectivity index (χ4n) is 3.26. The molecule has 1 atom stereocenters. The molecule has 0 saturated carbocycles. The number of benzene rings is 2. The highest BCUT2D eigenvalue weighted by atomic mass is 19.4. The normalized spacial score (nSPS) is 12.6. The van der Waals surface area contributed by atoms with Gasteiger partial charge in [0.25, 0.3) is 0 Å². The van der Waals surface area contributed by atoms with Crippen LogP contribution in [0.5, 0.6) is 0 Å². The van der Waals surface area contributed by atoms with Gasteiger partial charge in [0.1, 0.15) is 6.04 Å². The molecule has 1 heterocycles. The molecule has 0 spiro atoms. The molecule has 1 aromatic heterocycles. The minimum atomic E-state index is -4.51. The fraction of sp³-hybridized carbons (Fsp3) is 0.273. The molecule has 158 valence electrons. The van der Waals surface area contributed by atoms with E-state index in [0.717, 1.165) is 22.6 Å². The Morgan fingerprint density at radius 3 is 2.23 bits per heavy atom. The van der Waals surface area contributed by atoms with E-state index in [1.54, 1.807) is 10.7 Å². The predicted molar refractivity (Wildman–Crippen MR) is 108 cm³/mol. The molecular formula is C22H23F3N4O. The lowest BCUT2D eigenvalue weighted by Gasteiger charge is -2.22. The average molecular weight is 416 g/mol. The lowest BCUT2D eigenvalue weighted by atomic mass is 10.1. The minimum absolute atomic E-state index is 0.0635. The van der Waals surface area contributed by atoms with Crippen molar-refractivity contribution < 1.29 is 18.0 Å². The van der Waals surface area contributed by atoms with Gasteiger partial charge in [0.15, 0.2) is 0 Å². The summed E-state index contributed by atoms with van der Waals surface area (Å²) in [6, 6.07) is 15.1. The summed E-state index contributed by atoms with van der Waals surface area (Å²) >= 11 is 0. The third-order valence-electron chi connectivity index (χ3n) is 4.83. The second kappa shape index (κ2) is 9.13. The third-order valence-corrected chi connectivity index (χ3v) is 4.83. The maximum atomic E-state index is 13.4. The summed E-state index contributed by atoms with van der Waals surface area (Å²) in [5.74, 6) is -0.522. The van der Waals surface area contributed by atoms with Crippen LogP contribution in [0.4, 0.5) is 13.2 Å². The van der Waals surface area contributed by atoms with E-state index in [1.165, 1.54) is 24.3 Å². The van der Waals surface area contributed by atoms with Crippen LogP contribution >= 0.6 is 0 Å². The number of nitrogens with one attached hydrogen (secondary N) is 2. The number of aryl methyl sites for hydroxylation is 1. The van der Waals surface area contributed by atoms with Crippen LogP contribution in [0.15, 0.2) is 60.7 Å². The van der Waals surface area contributed by atoms with E-state index in [4.69, 9.17) is 0 Å². The molecule has 3 aromatic rings. The molecule has 1 amide bonds. The summed E-state index contributed by atoms with van der Waals surface area (Å²) in [4.78, 5) is 12.2. The Labute approximate surface area is 172 Å². The van der Waals surface area contributed by atoms with Gasteiger partial charge < -0.3 is 5.32 Å². The van der Waals surface area contributed by atoms with Crippen LogP contribution in [-0.4, -0.2) is 28.4 Å². The summed E-state index contributed by atoms with van der Waals surface area (Å²) in [6.07, 6.45) is -4.51. The number of carbonyl (C=O) groups is 1. The van der Waals surface area contributed by atoms with E-state index in [0.29, 0.717) is 0 Å². The molecule has 0 aliphatic heterocycles. The van der Waals surface area contributed by atoms with Crippen molar-refractivity contribution in [2.75, 3.05) is 6.54 Å². The Bertz CT molecular complexity index is 985. The maximum Gasteiger partial charge on any atom is 0.407 e. The second-order valence-electron chi connectivity index (χ2n) is 6.94. The molecule has 0 aliphatic carbocycles. The SMILES string of the molecule is Cc1nn(-c2ccccc2)c(C)c1CNC(=O)CNC(c1ccccc1)C(F)(F)F. The molecule has 3 rings (SSSR count). The monoisotopic (exact) mass is 416 g/mol. The third kappa shape index (κ3) is 5.07. The number of carbonyl (C=O) groups excluding carboxylic acids is 1. The van der Waals surface area contributed by atoms with Crippen molar-refractivity contribution in [3.63, 3.8) is 0 Å². The van der Waals surface area contributed by atoms with Gasteiger partial charge >= 0.3 is 6.18 Å². The first-order chi connectivity index (χ1) is 14.3. The number of hydrogen-bond donors (Lipinski definition) is 2. The van der Waals surface area contributed by atoms with Gasteiger partial charge in [-0.15, -0.1) is 0 Å². The molecule has 5 nitrogen and oxygen atoms in total. The Kier molecular flexibility index (Phi) is 6.56. The largest absolute Gasteiger partial charge is 0.407 e. The van der Waals surface area contributed by atoms with Crippen LogP contribution in [0.3, 0.4) is 0 Å². The van der Waals surface area contributed by atoms with Gasteiger partial charge in [-0.3, -0.25) is 10.1 Å². The van der Waals surface area contributed by atoms with E-state index < -0.39 is 24.7 Å². The van der Waals surface area contributed by atoms with Crippen molar-refractivity contribution in [3.05, 3.63) is 83.2 Å². The molecule has 30 heavy (non-hydrogen) atoms. The Morgan fingerprint density at radius 1 is 1.03 bits per heavy atom. The predicted octanol–water partition coefficient (Wildman–Crippen LogP) is 4.00. The van der Waals surface area contributed by atoms with Gasteiger partial charge in [0.05, 0.1) is 17.9 Å². The molecule has 2 N–H and O–H groups in total. The summed E-state index contributed by atoms with van der Waals surface area (Å²) in [7, 11) is 0. The van der Waals surface area contributed by atoms with Gasteiger partial charge in [0, 0.05) is 17.8 Å². The molecule has 1 unspecified atom stereocenters. The molecular weight excluding hydrogens is 393 g/mol. The second-order valence-corrected chi connectivity index (χ2v) is 6.94. The van der Waals surface area contributed by atoms with Crippen LogP contribution in [0, 0.1) is 13.8 Å².